The zero-order valence-electron chi connectivity index (χ0n) is 20.5. The summed E-state index contributed by atoms with van der Waals surface area (Å²) in [4.78, 5) is 27.9. The Morgan fingerprint density at radius 1 is 0.944 bits per heavy atom. The lowest BCUT2D eigenvalue weighted by Crippen LogP contribution is -2.29. The molecule has 1 unspecified atom stereocenters. The van der Waals surface area contributed by atoms with Gasteiger partial charge in [-0.25, -0.2) is 4.39 Å². The normalized spacial score (nSPS) is 16.9. The van der Waals surface area contributed by atoms with Crippen molar-refractivity contribution in [2.45, 2.75) is 32.9 Å². The van der Waals surface area contributed by atoms with Gasteiger partial charge in [0.15, 0.2) is 11.5 Å². The van der Waals surface area contributed by atoms with Crippen LogP contribution in [0, 0.1) is 5.82 Å². The van der Waals surface area contributed by atoms with Crippen LogP contribution in [-0.4, -0.2) is 35.4 Å². The summed E-state index contributed by atoms with van der Waals surface area (Å²) >= 11 is 0. The third-order valence-electron chi connectivity index (χ3n) is 6.25. The van der Waals surface area contributed by atoms with E-state index >= 15 is 0 Å². The molecule has 6 nitrogen and oxygen atoms in total. The van der Waals surface area contributed by atoms with Crippen molar-refractivity contribution in [1.82, 2.24) is 4.90 Å². The van der Waals surface area contributed by atoms with Gasteiger partial charge in [0.1, 0.15) is 11.6 Å². The number of amides is 1. The van der Waals surface area contributed by atoms with E-state index in [2.05, 4.69) is 0 Å². The summed E-state index contributed by atoms with van der Waals surface area (Å²) in [5.41, 5.74) is 2.73. The van der Waals surface area contributed by atoms with E-state index in [1.165, 1.54) is 24.1 Å². The Morgan fingerprint density at radius 2 is 1.61 bits per heavy atom. The molecule has 7 heteroatoms. The van der Waals surface area contributed by atoms with Gasteiger partial charge in [0.2, 0.25) is 0 Å². The van der Waals surface area contributed by atoms with E-state index in [9.17, 15) is 19.1 Å². The molecule has 1 saturated heterocycles. The molecular weight excluding hydrogens is 461 g/mol. The second-order valence-corrected chi connectivity index (χ2v) is 8.45. The van der Waals surface area contributed by atoms with Crippen LogP contribution in [0.1, 0.15) is 42.1 Å². The van der Waals surface area contributed by atoms with E-state index < -0.39 is 23.5 Å². The second-order valence-electron chi connectivity index (χ2n) is 8.45. The number of Topliss-reactive ketones (excluding diaryl/α,β-unsaturated/α-hetero) is 1. The Labute approximate surface area is 209 Å². The SMILES string of the molecule is CCOc1cc(C2/C(=C(/O)c3ccc(CC)cc3)C(=O)C(=O)N2Cc2ccc(F)cc2)ccc1OC. The molecule has 3 aromatic carbocycles. The Balaban J connectivity index is 1.87. The zero-order valence-corrected chi connectivity index (χ0v) is 20.5. The van der Waals surface area contributed by atoms with Gasteiger partial charge in [-0.3, -0.25) is 9.59 Å². The van der Waals surface area contributed by atoms with Gasteiger partial charge < -0.3 is 19.5 Å². The number of halogens is 1. The number of rotatable bonds is 8. The molecule has 1 heterocycles. The van der Waals surface area contributed by atoms with Gasteiger partial charge in [0.25, 0.3) is 11.7 Å². The smallest absolute Gasteiger partial charge is 0.295 e. The fraction of sp³-hybridized carbons (Fsp3) is 0.241. The summed E-state index contributed by atoms with van der Waals surface area (Å²) in [6, 6.07) is 17.2. The molecule has 0 saturated carbocycles. The predicted molar refractivity (Wildman–Crippen MR) is 134 cm³/mol. The molecule has 1 aliphatic heterocycles. The molecule has 0 bridgehead atoms. The van der Waals surface area contributed by atoms with Gasteiger partial charge in [0.05, 0.1) is 25.3 Å². The molecular formula is C29H28FNO5. The highest BCUT2D eigenvalue weighted by molar-refractivity contribution is 6.46. The van der Waals surface area contributed by atoms with Crippen molar-refractivity contribution >= 4 is 17.4 Å². The number of likely N-dealkylation sites (tertiary alicyclic amines) is 1. The Kier molecular flexibility index (Phi) is 7.38. The number of methoxy groups -OCH3 is 1. The lowest BCUT2D eigenvalue weighted by molar-refractivity contribution is -0.140. The van der Waals surface area contributed by atoms with Crippen molar-refractivity contribution in [3.8, 4) is 11.5 Å². The third-order valence-corrected chi connectivity index (χ3v) is 6.25. The monoisotopic (exact) mass is 489 g/mol. The minimum Gasteiger partial charge on any atom is -0.507 e. The number of hydrogen-bond acceptors (Lipinski definition) is 5. The number of benzene rings is 3. The fourth-order valence-corrected chi connectivity index (χ4v) is 4.36. The fourth-order valence-electron chi connectivity index (χ4n) is 4.36. The largest absolute Gasteiger partial charge is 0.507 e. The van der Waals surface area contributed by atoms with Crippen LogP contribution in [0.4, 0.5) is 4.39 Å². The third kappa shape index (κ3) is 4.82. The van der Waals surface area contributed by atoms with E-state index in [1.54, 1.807) is 42.5 Å². The zero-order chi connectivity index (χ0) is 25.8. The maximum Gasteiger partial charge on any atom is 0.295 e. The standard InChI is InChI=1S/C29H28FNO5/c1-4-18-6-10-20(11-7-18)27(32)25-26(21-12-15-23(35-3)24(16-21)36-5-2)31(29(34)28(25)33)17-19-8-13-22(30)14-9-19/h6-16,26,32H,4-5,17H2,1-3H3/b27-25-. The number of aliphatic hydroxyl groups excluding tert-OH is 1. The van der Waals surface area contributed by atoms with Crippen molar-refractivity contribution in [3.05, 3.63) is 100 Å². The molecule has 186 valence electrons. The van der Waals surface area contributed by atoms with Crippen molar-refractivity contribution in [2.75, 3.05) is 13.7 Å². The van der Waals surface area contributed by atoms with Crippen LogP contribution < -0.4 is 9.47 Å². The van der Waals surface area contributed by atoms with Crippen LogP contribution >= 0.6 is 0 Å². The average molecular weight is 490 g/mol. The molecule has 1 atom stereocenters. The first kappa shape index (κ1) is 25.0. The Hall–Kier alpha value is -4.13. The van der Waals surface area contributed by atoms with E-state index in [4.69, 9.17) is 9.47 Å². The Bertz CT molecular complexity index is 1300. The highest BCUT2D eigenvalue weighted by Gasteiger charge is 2.46. The lowest BCUT2D eigenvalue weighted by atomic mass is 9.94. The molecule has 1 amide bonds. The van der Waals surface area contributed by atoms with E-state index in [-0.39, 0.29) is 17.9 Å². The lowest BCUT2D eigenvalue weighted by Gasteiger charge is -2.26. The first-order valence-corrected chi connectivity index (χ1v) is 11.8. The van der Waals surface area contributed by atoms with Crippen LogP contribution in [0.2, 0.25) is 0 Å². The number of nitrogens with zero attached hydrogens (tertiary/aromatic N) is 1. The van der Waals surface area contributed by atoms with Gasteiger partial charge >= 0.3 is 0 Å². The number of hydrogen-bond donors (Lipinski definition) is 1. The van der Waals surface area contributed by atoms with E-state index in [0.717, 1.165) is 12.0 Å². The molecule has 0 aliphatic carbocycles. The topological polar surface area (TPSA) is 76.1 Å². The van der Waals surface area contributed by atoms with Gasteiger partial charge in [-0.2, -0.15) is 0 Å². The summed E-state index contributed by atoms with van der Waals surface area (Å²) in [6.07, 6.45) is 0.829. The van der Waals surface area contributed by atoms with Crippen molar-refractivity contribution in [1.29, 1.82) is 0 Å². The summed E-state index contributed by atoms with van der Waals surface area (Å²) in [5, 5.41) is 11.3. The van der Waals surface area contributed by atoms with Gasteiger partial charge in [0, 0.05) is 12.1 Å². The Morgan fingerprint density at radius 3 is 2.22 bits per heavy atom. The second kappa shape index (κ2) is 10.6. The summed E-state index contributed by atoms with van der Waals surface area (Å²) in [7, 11) is 1.53. The van der Waals surface area contributed by atoms with Crippen LogP contribution in [0.5, 0.6) is 11.5 Å². The molecule has 0 radical (unpaired) electrons. The minimum absolute atomic E-state index is 0.0148. The van der Waals surface area contributed by atoms with Crippen molar-refractivity contribution < 1.29 is 28.6 Å². The number of aryl methyl sites for hydroxylation is 1. The number of carbonyl (C=O) groups is 2. The average Bonchev–Trinajstić information content (AvgIpc) is 3.14. The highest BCUT2D eigenvalue weighted by atomic mass is 19.1. The molecule has 1 aliphatic rings. The van der Waals surface area contributed by atoms with Crippen LogP contribution in [-0.2, 0) is 22.6 Å². The molecule has 0 spiro atoms. The molecule has 0 aromatic heterocycles. The number of ketones is 1. The first-order valence-electron chi connectivity index (χ1n) is 11.8. The van der Waals surface area contributed by atoms with Gasteiger partial charge in [-0.05, 0) is 54.3 Å². The maximum absolute atomic E-state index is 13.5. The van der Waals surface area contributed by atoms with Crippen molar-refractivity contribution in [2.24, 2.45) is 0 Å². The quantitative estimate of drug-likeness (QED) is 0.260. The summed E-state index contributed by atoms with van der Waals surface area (Å²) < 4.78 is 24.6. The van der Waals surface area contributed by atoms with Crippen LogP contribution in [0.25, 0.3) is 5.76 Å². The summed E-state index contributed by atoms with van der Waals surface area (Å²) in [6.45, 7) is 4.30. The van der Waals surface area contributed by atoms with Crippen LogP contribution in [0.15, 0.2) is 72.3 Å². The van der Waals surface area contributed by atoms with E-state index in [1.807, 2.05) is 26.0 Å². The minimum atomic E-state index is -0.883. The number of carbonyl (C=O) groups excluding carboxylic acids is 2. The molecule has 4 rings (SSSR count). The highest BCUT2D eigenvalue weighted by Crippen LogP contribution is 2.42. The molecule has 3 aromatic rings. The number of aliphatic hydroxyl groups is 1. The van der Waals surface area contributed by atoms with E-state index in [0.29, 0.717) is 34.8 Å². The van der Waals surface area contributed by atoms with Gasteiger partial charge in [-0.1, -0.05) is 49.4 Å². The van der Waals surface area contributed by atoms with Crippen molar-refractivity contribution in [3.63, 3.8) is 0 Å². The van der Waals surface area contributed by atoms with Crippen LogP contribution in [0.3, 0.4) is 0 Å². The molecule has 1 N–H and O–H groups in total. The predicted octanol–water partition coefficient (Wildman–Crippen LogP) is 5.42. The van der Waals surface area contributed by atoms with Gasteiger partial charge in [-0.15, -0.1) is 0 Å². The first-order chi connectivity index (χ1) is 17.4. The maximum atomic E-state index is 13.5. The summed E-state index contributed by atoms with van der Waals surface area (Å²) in [5.74, 6) is -1.22. The molecule has 36 heavy (non-hydrogen) atoms. The molecule has 1 fully saturated rings. The number of ether oxygens (including phenoxy) is 2.